The van der Waals surface area contributed by atoms with E-state index >= 15 is 0 Å². The van der Waals surface area contributed by atoms with Crippen molar-refractivity contribution in [1.82, 2.24) is 9.80 Å². The van der Waals surface area contributed by atoms with Gasteiger partial charge >= 0.3 is 5.97 Å². The Labute approximate surface area is 97.2 Å². The van der Waals surface area contributed by atoms with Crippen LogP contribution in [0.4, 0.5) is 0 Å². The van der Waals surface area contributed by atoms with Gasteiger partial charge in [-0.05, 0) is 32.7 Å². The normalized spacial score (nSPS) is 27.6. The predicted molar refractivity (Wildman–Crippen MR) is 62.5 cm³/mol. The first-order valence-corrected chi connectivity index (χ1v) is 6.18. The number of carbonyl (C=O) groups is 1. The lowest BCUT2D eigenvalue weighted by Crippen LogP contribution is -2.57. The maximum atomic E-state index is 11.0. The van der Waals surface area contributed by atoms with Gasteiger partial charge in [-0.3, -0.25) is 9.69 Å². The Morgan fingerprint density at radius 2 is 1.88 bits per heavy atom. The van der Waals surface area contributed by atoms with Crippen molar-refractivity contribution >= 4 is 5.97 Å². The molecule has 2 aliphatic rings. The molecular weight excluding hydrogens is 204 g/mol. The third-order valence-corrected chi connectivity index (χ3v) is 4.19. The monoisotopic (exact) mass is 226 g/mol. The van der Waals surface area contributed by atoms with Crippen molar-refractivity contribution in [3.05, 3.63) is 0 Å². The predicted octanol–water partition coefficient (Wildman–Crippen LogP) is 0.877. The topological polar surface area (TPSA) is 43.8 Å². The van der Waals surface area contributed by atoms with Crippen molar-refractivity contribution in [3.8, 4) is 0 Å². The molecular formula is C12H22N2O2. The molecule has 1 atom stereocenters. The molecule has 2 fully saturated rings. The van der Waals surface area contributed by atoms with Crippen molar-refractivity contribution in [1.29, 1.82) is 0 Å². The molecule has 4 nitrogen and oxygen atoms in total. The minimum atomic E-state index is -0.659. The molecule has 1 unspecified atom stereocenters. The molecule has 0 aromatic carbocycles. The number of hydrogen-bond donors (Lipinski definition) is 1. The number of aliphatic carboxylic acids is 1. The van der Waals surface area contributed by atoms with Crippen LogP contribution in [0.25, 0.3) is 0 Å². The van der Waals surface area contributed by atoms with E-state index in [0.29, 0.717) is 12.3 Å². The Kier molecular flexibility index (Phi) is 3.22. The van der Waals surface area contributed by atoms with Gasteiger partial charge in [-0.2, -0.15) is 0 Å². The quantitative estimate of drug-likeness (QED) is 0.773. The summed E-state index contributed by atoms with van der Waals surface area (Å²) in [6.07, 6.45) is 2.70. The molecule has 1 aliphatic carbocycles. The molecule has 0 bridgehead atoms. The van der Waals surface area contributed by atoms with Crippen molar-refractivity contribution in [2.24, 2.45) is 5.92 Å². The van der Waals surface area contributed by atoms with Crippen molar-refractivity contribution in [2.45, 2.75) is 31.7 Å². The van der Waals surface area contributed by atoms with Gasteiger partial charge in [-0.25, -0.2) is 0 Å². The van der Waals surface area contributed by atoms with Crippen LogP contribution < -0.4 is 0 Å². The summed E-state index contributed by atoms with van der Waals surface area (Å²) < 4.78 is 0. The van der Waals surface area contributed by atoms with Crippen LogP contribution in [0.2, 0.25) is 0 Å². The number of carboxylic acid groups (broad SMARTS) is 1. The third kappa shape index (κ3) is 2.38. The Balaban J connectivity index is 2.03. The van der Waals surface area contributed by atoms with E-state index < -0.39 is 5.97 Å². The molecule has 1 heterocycles. The van der Waals surface area contributed by atoms with Gasteiger partial charge in [0.1, 0.15) is 0 Å². The molecule has 0 amide bonds. The summed E-state index contributed by atoms with van der Waals surface area (Å²) in [5.74, 6) is -0.0552. The molecule has 92 valence electrons. The number of nitrogens with zero attached hydrogens (tertiary/aromatic N) is 2. The van der Waals surface area contributed by atoms with E-state index in [1.54, 1.807) is 0 Å². The maximum Gasteiger partial charge on any atom is 0.305 e. The summed E-state index contributed by atoms with van der Waals surface area (Å²) in [7, 11) is 2.13. The SMILES string of the molecule is CN1CCN(C(C)(CC(=O)O)C2CC2)CC1. The van der Waals surface area contributed by atoms with Crippen LogP contribution in [0, 0.1) is 5.92 Å². The lowest BCUT2D eigenvalue weighted by molar-refractivity contribution is -0.141. The molecule has 0 radical (unpaired) electrons. The fraction of sp³-hybridized carbons (Fsp3) is 0.917. The molecule has 2 rings (SSSR count). The van der Waals surface area contributed by atoms with Crippen molar-refractivity contribution in [3.63, 3.8) is 0 Å². The lowest BCUT2D eigenvalue weighted by atomic mass is 9.88. The zero-order valence-corrected chi connectivity index (χ0v) is 10.3. The zero-order valence-electron chi connectivity index (χ0n) is 10.3. The van der Waals surface area contributed by atoms with Crippen molar-refractivity contribution in [2.75, 3.05) is 33.2 Å². The van der Waals surface area contributed by atoms with Crippen LogP contribution >= 0.6 is 0 Å². The first kappa shape index (κ1) is 11.9. The highest BCUT2D eigenvalue weighted by Gasteiger charge is 2.47. The first-order chi connectivity index (χ1) is 7.52. The standard InChI is InChI=1S/C12H22N2O2/c1-12(9-11(15)16,10-3-4-10)14-7-5-13(2)6-8-14/h10H,3-9H2,1-2H3,(H,15,16). The van der Waals surface area contributed by atoms with E-state index in [-0.39, 0.29) is 5.54 Å². The van der Waals surface area contributed by atoms with Crippen LogP contribution in [-0.4, -0.2) is 59.6 Å². The summed E-state index contributed by atoms with van der Waals surface area (Å²) in [5.41, 5.74) is -0.104. The van der Waals surface area contributed by atoms with E-state index in [1.807, 2.05) is 0 Å². The van der Waals surface area contributed by atoms with Gasteiger partial charge in [0.25, 0.3) is 0 Å². The highest BCUT2D eigenvalue weighted by atomic mass is 16.4. The first-order valence-electron chi connectivity index (χ1n) is 6.18. The van der Waals surface area contributed by atoms with Crippen LogP contribution in [-0.2, 0) is 4.79 Å². The summed E-state index contributed by atoms with van der Waals surface area (Å²) >= 11 is 0. The second-order valence-corrected chi connectivity index (χ2v) is 5.49. The Morgan fingerprint density at radius 3 is 2.31 bits per heavy atom. The van der Waals surface area contributed by atoms with Gasteiger partial charge in [0.15, 0.2) is 0 Å². The van der Waals surface area contributed by atoms with E-state index in [1.165, 1.54) is 12.8 Å². The molecule has 0 aromatic rings. The van der Waals surface area contributed by atoms with Gasteiger partial charge in [-0.1, -0.05) is 0 Å². The summed E-state index contributed by atoms with van der Waals surface area (Å²) in [4.78, 5) is 15.7. The van der Waals surface area contributed by atoms with Crippen LogP contribution in [0.5, 0.6) is 0 Å². The summed E-state index contributed by atoms with van der Waals surface area (Å²) in [6.45, 7) is 6.28. The minimum Gasteiger partial charge on any atom is -0.481 e. The van der Waals surface area contributed by atoms with E-state index in [0.717, 1.165) is 26.2 Å². The molecule has 1 N–H and O–H groups in total. The zero-order chi connectivity index (χ0) is 11.8. The second kappa shape index (κ2) is 4.34. The minimum absolute atomic E-state index is 0.104. The highest BCUT2D eigenvalue weighted by Crippen LogP contribution is 2.45. The molecule has 1 saturated heterocycles. The molecule has 1 saturated carbocycles. The third-order valence-electron chi connectivity index (χ3n) is 4.19. The van der Waals surface area contributed by atoms with Crippen LogP contribution in [0.1, 0.15) is 26.2 Å². The molecule has 1 aliphatic heterocycles. The van der Waals surface area contributed by atoms with E-state index in [9.17, 15) is 4.79 Å². The van der Waals surface area contributed by atoms with E-state index in [4.69, 9.17) is 5.11 Å². The van der Waals surface area contributed by atoms with Gasteiger partial charge in [0.2, 0.25) is 0 Å². The fourth-order valence-electron chi connectivity index (χ4n) is 2.84. The largest absolute Gasteiger partial charge is 0.481 e. The van der Waals surface area contributed by atoms with Crippen LogP contribution in [0.3, 0.4) is 0 Å². The van der Waals surface area contributed by atoms with Gasteiger partial charge in [-0.15, -0.1) is 0 Å². The number of rotatable bonds is 4. The average molecular weight is 226 g/mol. The van der Waals surface area contributed by atoms with Gasteiger partial charge < -0.3 is 10.0 Å². The molecule has 16 heavy (non-hydrogen) atoms. The Bertz CT molecular complexity index is 270. The number of piperazine rings is 1. The summed E-state index contributed by atoms with van der Waals surface area (Å²) in [6, 6.07) is 0. The molecule has 0 aromatic heterocycles. The van der Waals surface area contributed by atoms with Gasteiger partial charge in [0, 0.05) is 31.7 Å². The number of likely N-dealkylation sites (N-methyl/N-ethyl adjacent to an activating group) is 1. The maximum absolute atomic E-state index is 11.0. The molecule has 4 heteroatoms. The van der Waals surface area contributed by atoms with Crippen molar-refractivity contribution < 1.29 is 9.90 Å². The Morgan fingerprint density at radius 1 is 1.31 bits per heavy atom. The average Bonchev–Trinajstić information content (AvgIpc) is 3.00. The Hall–Kier alpha value is -0.610. The lowest BCUT2D eigenvalue weighted by Gasteiger charge is -2.45. The van der Waals surface area contributed by atoms with E-state index in [2.05, 4.69) is 23.8 Å². The number of hydrogen-bond acceptors (Lipinski definition) is 3. The molecule has 0 spiro atoms. The second-order valence-electron chi connectivity index (χ2n) is 5.49. The van der Waals surface area contributed by atoms with Crippen LogP contribution in [0.15, 0.2) is 0 Å². The highest BCUT2D eigenvalue weighted by molar-refractivity contribution is 5.68. The smallest absolute Gasteiger partial charge is 0.305 e. The summed E-state index contributed by atoms with van der Waals surface area (Å²) in [5, 5.41) is 9.07. The number of carboxylic acids is 1. The fourth-order valence-corrected chi connectivity index (χ4v) is 2.84. The van der Waals surface area contributed by atoms with Gasteiger partial charge in [0.05, 0.1) is 6.42 Å².